The molecule has 0 saturated carbocycles. The minimum absolute atomic E-state index is 0.114. The molecule has 1 aromatic rings. The van der Waals surface area contributed by atoms with Crippen LogP contribution >= 0.6 is 0 Å². The fraction of sp³-hybridized carbons (Fsp3) is 0.619. The van der Waals surface area contributed by atoms with E-state index < -0.39 is 0 Å². The van der Waals surface area contributed by atoms with Gasteiger partial charge in [-0.05, 0) is 69.5 Å². The Hall–Kier alpha value is -1.95. The van der Waals surface area contributed by atoms with Crippen molar-refractivity contribution in [1.82, 2.24) is 15.1 Å². The van der Waals surface area contributed by atoms with Crippen molar-refractivity contribution in [2.75, 3.05) is 32.7 Å². The van der Waals surface area contributed by atoms with E-state index in [0.29, 0.717) is 24.7 Å². The number of amides is 2. The molecule has 0 radical (unpaired) electrons. The first-order chi connectivity index (χ1) is 13.1. The Morgan fingerprint density at radius 1 is 1.19 bits per heavy atom. The topological polar surface area (TPSA) is 52.7 Å². The predicted octanol–water partition coefficient (Wildman–Crippen LogP) is 2.67. The average molecular weight is 375 g/mol. The minimum Gasteiger partial charge on any atom is -0.339 e. The summed E-state index contributed by atoms with van der Waals surface area (Å²) in [5, 5.41) is 3.36. The molecule has 2 amide bonds. The Kier molecular flexibility index (Phi) is 6.83. The fourth-order valence-electron chi connectivity index (χ4n) is 4.20. The van der Waals surface area contributed by atoms with Crippen LogP contribution < -0.4 is 5.32 Å². The number of hydrogen-bond donors (Lipinski definition) is 1. The number of nitrogens with one attached hydrogen (secondary N) is 1. The highest BCUT2D eigenvalue weighted by Gasteiger charge is 2.34. The molecule has 148 valence electrons. The Labute approximate surface area is 160 Å². The van der Waals surface area contributed by atoms with E-state index in [1.165, 1.54) is 24.3 Å². The van der Waals surface area contributed by atoms with Crippen molar-refractivity contribution in [2.45, 2.75) is 45.1 Å². The van der Waals surface area contributed by atoms with Crippen LogP contribution in [-0.4, -0.2) is 60.4 Å². The number of benzene rings is 1. The van der Waals surface area contributed by atoms with E-state index in [-0.39, 0.29) is 23.5 Å². The van der Waals surface area contributed by atoms with Gasteiger partial charge in [-0.2, -0.15) is 0 Å². The summed E-state index contributed by atoms with van der Waals surface area (Å²) in [7, 11) is 0. The highest BCUT2D eigenvalue weighted by atomic mass is 19.1. The van der Waals surface area contributed by atoms with Crippen LogP contribution in [0.2, 0.25) is 0 Å². The highest BCUT2D eigenvalue weighted by molar-refractivity contribution is 5.94. The van der Waals surface area contributed by atoms with Crippen LogP contribution in [0.15, 0.2) is 24.3 Å². The van der Waals surface area contributed by atoms with Gasteiger partial charge in [0, 0.05) is 31.2 Å². The lowest BCUT2D eigenvalue weighted by Crippen LogP contribution is -2.52. The summed E-state index contributed by atoms with van der Waals surface area (Å²) in [6.07, 6.45) is 4.60. The largest absolute Gasteiger partial charge is 0.339 e. The predicted molar refractivity (Wildman–Crippen MR) is 103 cm³/mol. The van der Waals surface area contributed by atoms with E-state index in [2.05, 4.69) is 17.1 Å². The van der Waals surface area contributed by atoms with Gasteiger partial charge in [0.1, 0.15) is 5.82 Å². The molecule has 1 atom stereocenters. The first kappa shape index (κ1) is 19.8. The zero-order valence-electron chi connectivity index (χ0n) is 16.1. The Morgan fingerprint density at radius 2 is 1.89 bits per heavy atom. The summed E-state index contributed by atoms with van der Waals surface area (Å²) in [5.74, 6) is -0.406. The average Bonchev–Trinajstić information content (AvgIpc) is 2.72. The van der Waals surface area contributed by atoms with Crippen molar-refractivity contribution < 1.29 is 14.0 Å². The summed E-state index contributed by atoms with van der Waals surface area (Å²) < 4.78 is 13.1. The molecule has 2 fully saturated rings. The molecule has 1 unspecified atom stereocenters. The molecule has 3 rings (SSSR count). The number of piperidine rings is 2. The second-order valence-electron chi connectivity index (χ2n) is 7.61. The van der Waals surface area contributed by atoms with Gasteiger partial charge in [-0.1, -0.05) is 6.92 Å². The second kappa shape index (κ2) is 9.31. The first-order valence-corrected chi connectivity index (χ1v) is 10.2. The molecule has 27 heavy (non-hydrogen) atoms. The van der Waals surface area contributed by atoms with Crippen LogP contribution in [0.25, 0.3) is 0 Å². The normalized spacial score (nSPS) is 21.1. The maximum Gasteiger partial charge on any atom is 0.253 e. The van der Waals surface area contributed by atoms with Gasteiger partial charge < -0.3 is 15.1 Å². The zero-order valence-corrected chi connectivity index (χ0v) is 16.1. The Balaban J connectivity index is 1.67. The lowest BCUT2D eigenvalue weighted by atomic mass is 9.94. The molecule has 0 aliphatic carbocycles. The number of carbonyl (C=O) groups excluding carboxylic acids is 2. The van der Waals surface area contributed by atoms with Crippen LogP contribution in [0.4, 0.5) is 4.39 Å². The Bertz CT molecular complexity index is 643. The van der Waals surface area contributed by atoms with Gasteiger partial charge in [-0.3, -0.25) is 9.59 Å². The van der Waals surface area contributed by atoms with Crippen LogP contribution in [0.1, 0.15) is 49.4 Å². The summed E-state index contributed by atoms with van der Waals surface area (Å²) in [5.41, 5.74) is 0.480. The van der Waals surface area contributed by atoms with E-state index in [9.17, 15) is 14.0 Å². The molecule has 2 heterocycles. The van der Waals surface area contributed by atoms with Gasteiger partial charge >= 0.3 is 0 Å². The highest BCUT2D eigenvalue weighted by Crippen LogP contribution is 2.24. The standard InChI is InChI=1S/C21H30FN3O2/c1-2-13-25(19-9-11-23-12-10-19)21(27)17-4-3-14-24(15-17)20(26)16-5-7-18(22)8-6-16/h5-8,17,19,23H,2-4,9-15H2,1H3. The number of likely N-dealkylation sites (tertiary alicyclic amines) is 1. The van der Waals surface area contributed by atoms with Crippen molar-refractivity contribution in [3.05, 3.63) is 35.6 Å². The van der Waals surface area contributed by atoms with Gasteiger partial charge in [0.25, 0.3) is 5.91 Å². The van der Waals surface area contributed by atoms with Crippen molar-refractivity contribution in [1.29, 1.82) is 0 Å². The third kappa shape index (κ3) is 4.86. The third-order valence-corrected chi connectivity index (χ3v) is 5.65. The number of nitrogens with zero attached hydrogens (tertiary/aromatic N) is 2. The van der Waals surface area contributed by atoms with Gasteiger partial charge in [-0.15, -0.1) is 0 Å². The molecule has 2 aliphatic heterocycles. The van der Waals surface area contributed by atoms with Crippen molar-refractivity contribution in [2.24, 2.45) is 5.92 Å². The Morgan fingerprint density at radius 3 is 2.56 bits per heavy atom. The summed E-state index contributed by atoms with van der Waals surface area (Å²) in [6, 6.07) is 5.95. The molecule has 1 aromatic carbocycles. The molecule has 1 N–H and O–H groups in total. The minimum atomic E-state index is -0.351. The van der Waals surface area contributed by atoms with E-state index in [4.69, 9.17) is 0 Å². The SMILES string of the molecule is CCCN(C(=O)C1CCCN(C(=O)c2ccc(F)cc2)C1)C1CCNCC1. The lowest BCUT2D eigenvalue weighted by molar-refractivity contribution is -0.140. The van der Waals surface area contributed by atoms with E-state index >= 15 is 0 Å². The molecular formula is C21H30FN3O2. The van der Waals surface area contributed by atoms with E-state index in [1.54, 1.807) is 4.90 Å². The monoisotopic (exact) mass is 375 g/mol. The third-order valence-electron chi connectivity index (χ3n) is 5.65. The van der Waals surface area contributed by atoms with Gasteiger partial charge in [-0.25, -0.2) is 4.39 Å². The van der Waals surface area contributed by atoms with Crippen LogP contribution in [-0.2, 0) is 4.79 Å². The maximum absolute atomic E-state index is 13.3. The molecule has 5 nitrogen and oxygen atoms in total. The van der Waals surface area contributed by atoms with E-state index in [0.717, 1.165) is 51.7 Å². The van der Waals surface area contributed by atoms with Gasteiger partial charge in [0.2, 0.25) is 5.91 Å². The summed E-state index contributed by atoms with van der Waals surface area (Å²) in [6.45, 7) is 5.91. The van der Waals surface area contributed by atoms with Crippen LogP contribution in [0.5, 0.6) is 0 Å². The molecule has 2 aliphatic rings. The van der Waals surface area contributed by atoms with Gasteiger partial charge in [0.15, 0.2) is 0 Å². The zero-order chi connectivity index (χ0) is 19.2. The molecular weight excluding hydrogens is 345 g/mol. The number of carbonyl (C=O) groups is 2. The van der Waals surface area contributed by atoms with E-state index in [1.807, 2.05) is 0 Å². The molecule has 0 aromatic heterocycles. The maximum atomic E-state index is 13.3. The van der Waals surface area contributed by atoms with Gasteiger partial charge in [0.05, 0.1) is 5.92 Å². The lowest BCUT2D eigenvalue weighted by Gasteiger charge is -2.39. The quantitative estimate of drug-likeness (QED) is 0.861. The summed E-state index contributed by atoms with van der Waals surface area (Å²) in [4.78, 5) is 29.8. The van der Waals surface area contributed by atoms with Crippen LogP contribution in [0.3, 0.4) is 0 Å². The van der Waals surface area contributed by atoms with Crippen molar-refractivity contribution >= 4 is 11.8 Å². The summed E-state index contributed by atoms with van der Waals surface area (Å²) >= 11 is 0. The molecule has 0 spiro atoms. The molecule has 0 bridgehead atoms. The molecule has 6 heteroatoms. The fourth-order valence-corrected chi connectivity index (χ4v) is 4.20. The smallest absolute Gasteiger partial charge is 0.253 e. The first-order valence-electron chi connectivity index (χ1n) is 10.2. The van der Waals surface area contributed by atoms with Crippen molar-refractivity contribution in [3.8, 4) is 0 Å². The van der Waals surface area contributed by atoms with Crippen LogP contribution in [0, 0.1) is 11.7 Å². The number of halogens is 1. The van der Waals surface area contributed by atoms with Crippen molar-refractivity contribution in [3.63, 3.8) is 0 Å². The number of hydrogen-bond acceptors (Lipinski definition) is 3. The second-order valence-corrected chi connectivity index (χ2v) is 7.61. The number of rotatable bonds is 5. The molecule has 2 saturated heterocycles.